The molecule has 0 aliphatic heterocycles. The summed E-state index contributed by atoms with van der Waals surface area (Å²) in [5.41, 5.74) is 6.78. The lowest BCUT2D eigenvalue weighted by Crippen LogP contribution is -1.92. The van der Waals surface area contributed by atoms with Gasteiger partial charge in [0.1, 0.15) is 0 Å². The fraction of sp³-hybridized carbons (Fsp3) is 0.105. The van der Waals surface area contributed by atoms with Crippen LogP contribution in [0.4, 0.5) is 0 Å². The predicted molar refractivity (Wildman–Crippen MR) is 174 cm³/mol. The predicted octanol–water partition coefficient (Wildman–Crippen LogP) is 9.53. The lowest BCUT2D eigenvalue weighted by atomic mass is 9.92. The summed E-state index contributed by atoms with van der Waals surface area (Å²) in [7, 11) is 6.66. The maximum Gasteiger partial charge on any atom is 0.161 e. The largest absolute Gasteiger partial charge is 0.493 e. The normalized spacial score (nSPS) is 11.2. The molecule has 0 radical (unpaired) electrons. The highest BCUT2D eigenvalue weighted by atomic mass is 16.5. The SMILES string of the molecule is COc1cc2cc(/C=C/c3cc4cc(OC)c(OC)cc4cc3-c3ccccc3)c(-c3ccccc3)cc2cc1OC. The van der Waals surface area contributed by atoms with Crippen molar-refractivity contribution in [2.24, 2.45) is 0 Å². The third-order valence-corrected chi connectivity index (χ3v) is 7.63. The highest BCUT2D eigenvalue weighted by Gasteiger charge is 2.13. The molecule has 0 unspecified atom stereocenters. The molecule has 0 bridgehead atoms. The van der Waals surface area contributed by atoms with Gasteiger partial charge in [-0.25, -0.2) is 0 Å². The summed E-state index contributed by atoms with van der Waals surface area (Å²) in [5.74, 6) is 2.83. The van der Waals surface area contributed by atoms with Crippen LogP contribution in [0, 0.1) is 0 Å². The molecular weight excluding hydrogens is 520 g/mol. The van der Waals surface area contributed by atoms with E-state index in [2.05, 4.69) is 84.9 Å². The van der Waals surface area contributed by atoms with Crippen LogP contribution in [0.3, 0.4) is 0 Å². The van der Waals surface area contributed by atoms with Crippen LogP contribution in [0.25, 0.3) is 56.0 Å². The zero-order chi connectivity index (χ0) is 29.1. The Morgan fingerprint density at radius 2 is 0.690 bits per heavy atom. The molecule has 0 aliphatic carbocycles. The van der Waals surface area contributed by atoms with E-state index in [9.17, 15) is 0 Å². The molecule has 0 fully saturated rings. The molecule has 6 aromatic rings. The molecular formula is C38H32O4. The molecule has 4 nitrogen and oxygen atoms in total. The van der Waals surface area contributed by atoms with Crippen molar-refractivity contribution >= 4 is 33.7 Å². The number of ether oxygens (including phenoxy) is 4. The monoisotopic (exact) mass is 552 g/mol. The molecule has 208 valence electrons. The van der Waals surface area contributed by atoms with Gasteiger partial charge in [0.2, 0.25) is 0 Å². The maximum absolute atomic E-state index is 5.61. The standard InChI is InChI=1S/C38H32O4/c1-39-35-21-29-17-27(33(25-11-7-5-8-12-25)19-31(29)23-37(35)41-3)15-16-28-18-30-22-36(40-2)38(42-4)24-32(30)20-34(28)26-13-9-6-10-14-26/h5-24H,1-4H3/b16-15+. The van der Waals surface area contributed by atoms with Gasteiger partial charge < -0.3 is 18.9 Å². The molecule has 0 aliphatic rings. The zero-order valence-corrected chi connectivity index (χ0v) is 24.2. The van der Waals surface area contributed by atoms with Gasteiger partial charge in [-0.15, -0.1) is 0 Å². The highest BCUT2D eigenvalue weighted by Crippen LogP contribution is 2.39. The lowest BCUT2D eigenvalue weighted by molar-refractivity contribution is 0.356. The third kappa shape index (κ3) is 5.15. The quantitative estimate of drug-likeness (QED) is 0.176. The van der Waals surface area contributed by atoms with Gasteiger partial charge in [-0.1, -0.05) is 72.8 Å². The third-order valence-electron chi connectivity index (χ3n) is 7.63. The van der Waals surface area contributed by atoms with Crippen LogP contribution >= 0.6 is 0 Å². The molecule has 0 heterocycles. The Bertz CT molecular complexity index is 1770. The molecule has 6 aromatic carbocycles. The van der Waals surface area contributed by atoms with Crippen LogP contribution in [0.2, 0.25) is 0 Å². The van der Waals surface area contributed by atoms with Crippen molar-refractivity contribution in [3.05, 3.63) is 120 Å². The van der Waals surface area contributed by atoms with E-state index in [1.807, 2.05) is 36.4 Å². The van der Waals surface area contributed by atoms with E-state index in [1.54, 1.807) is 28.4 Å². The van der Waals surface area contributed by atoms with Crippen molar-refractivity contribution in [3.8, 4) is 45.3 Å². The average molecular weight is 553 g/mol. The number of methoxy groups -OCH3 is 4. The fourth-order valence-corrected chi connectivity index (χ4v) is 5.48. The van der Waals surface area contributed by atoms with E-state index in [0.29, 0.717) is 23.0 Å². The minimum absolute atomic E-state index is 0.706. The van der Waals surface area contributed by atoms with Crippen LogP contribution in [0.1, 0.15) is 11.1 Å². The number of rotatable bonds is 8. The summed E-state index contributed by atoms with van der Waals surface area (Å²) in [6.45, 7) is 0. The van der Waals surface area contributed by atoms with Gasteiger partial charge in [-0.2, -0.15) is 0 Å². The second kappa shape index (κ2) is 11.7. The first kappa shape index (κ1) is 27.0. The van der Waals surface area contributed by atoms with Gasteiger partial charge >= 0.3 is 0 Å². The second-order valence-electron chi connectivity index (χ2n) is 10.1. The molecule has 0 amide bonds. The summed E-state index contributed by atoms with van der Waals surface area (Å²) < 4.78 is 22.4. The van der Waals surface area contributed by atoms with Crippen molar-refractivity contribution in [1.29, 1.82) is 0 Å². The molecule has 0 spiro atoms. The topological polar surface area (TPSA) is 36.9 Å². The van der Waals surface area contributed by atoms with Gasteiger partial charge in [-0.3, -0.25) is 0 Å². The minimum Gasteiger partial charge on any atom is -0.493 e. The average Bonchev–Trinajstić information content (AvgIpc) is 3.05. The molecule has 6 rings (SSSR count). The molecule has 0 saturated heterocycles. The van der Waals surface area contributed by atoms with Crippen molar-refractivity contribution in [2.45, 2.75) is 0 Å². The van der Waals surface area contributed by atoms with E-state index in [-0.39, 0.29) is 0 Å². The first-order chi connectivity index (χ1) is 20.6. The van der Waals surface area contributed by atoms with Gasteiger partial charge in [0.15, 0.2) is 23.0 Å². The fourth-order valence-electron chi connectivity index (χ4n) is 5.48. The van der Waals surface area contributed by atoms with E-state index in [4.69, 9.17) is 18.9 Å². The van der Waals surface area contributed by atoms with Gasteiger partial charge in [0.25, 0.3) is 0 Å². The van der Waals surface area contributed by atoms with Crippen molar-refractivity contribution in [2.75, 3.05) is 28.4 Å². The Hall–Kier alpha value is -5.22. The maximum atomic E-state index is 5.61. The smallest absolute Gasteiger partial charge is 0.161 e. The van der Waals surface area contributed by atoms with Crippen LogP contribution in [-0.4, -0.2) is 28.4 Å². The highest BCUT2D eigenvalue weighted by molar-refractivity contribution is 5.98. The van der Waals surface area contributed by atoms with Crippen molar-refractivity contribution in [1.82, 2.24) is 0 Å². The van der Waals surface area contributed by atoms with Gasteiger partial charge in [-0.05, 0) is 103 Å². The van der Waals surface area contributed by atoms with Crippen LogP contribution in [0.5, 0.6) is 23.0 Å². The first-order valence-corrected chi connectivity index (χ1v) is 13.8. The zero-order valence-electron chi connectivity index (χ0n) is 24.2. The number of hydrogen-bond donors (Lipinski definition) is 0. The Morgan fingerprint density at radius 1 is 0.381 bits per heavy atom. The van der Waals surface area contributed by atoms with Crippen molar-refractivity contribution in [3.63, 3.8) is 0 Å². The number of hydrogen-bond acceptors (Lipinski definition) is 4. The van der Waals surface area contributed by atoms with Crippen molar-refractivity contribution < 1.29 is 18.9 Å². The Labute approximate surface area is 246 Å². The van der Waals surface area contributed by atoms with Crippen LogP contribution in [-0.2, 0) is 0 Å². The van der Waals surface area contributed by atoms with Crippen LogP contribution < -0.4 is 18.9 Å². The number of benzene rings is 6. The molecule has 0 aromatic heterocycles. The molecule has 0 N–H and O–H groups in total. The second-order valence-corrected chi connectivity index (χ2v) is 10.1. The molecule has 0 saturated carbocycles. The van der Waals surface area contributed by atoms with E-state index >= 15 is 0 Å². The Morgan fingerprint density at radius 3 is 1.00 bits per heavy atom. The summed E-state index contributed by atoms with van der Waals surface area (Å²) in [6.07, 6.45) is 4.40. The van der Waals surface area contributed by atoms with Crippen LogP contribution in [0.15, 0.2) is 109 Å². The summed E-state index contributed by atoms with van der Waals surface area (Å²) >= 11 is 0. The number of fused-ring (bicyclic) bond motifs is 2. The lowest BCUT2D eigenvalue weighted by Gasteiger charge is -2.14. The molecule has 4 heteroatoms. The summed E-state index contributed by atoms with van der Waals surface area (Å²) in [6, 6.07) is 37.9. The van der Waals surface area contributed by atoms with E-state index < -0.39 is 0 Å². The van der Waals surface area contributed by atoms with Gasteiger partial charge in [0.05, 0.1) is 28.4 Å². The minimum atomic E-state index is 0.706. The first-order valence-electron chi connectivity index (χ1n) is 13.8. The molecule has 42 heavy (non-hydrogen) atoms. The van der Waals surface area contributed by atoms with E-state index in [1.165, 1.54) is 0 Å². The Kier molecular flexibility index (Phi) is 7.52. The van der Waals surface area contributed by atoms with Gasteiger partial charge in [0, 0.05) is 0 Å². The summed E-state index contributed by atoms with van der Waals surface area (Å²) in [5, 5.41) is 4.32. The Balaban J connectivity index is 1.56. The summed E-state index contributed by atoms with van der Waals surface area (Å²) in [4.78, 5) is 0. The molecule has 0 atom stereocenters. The van der Waals surface area contributed by atoms with E-state index in [0.717, 1.165) is 54.9 Å².